The summed E-state index contributed by atoms with van der Waals surface area (Å²) in [5.41, 5.74) is 7.18. The first-order chi connectivity index (χ1) is 7.74. The summed E-state index contributed by atoms with van der Waals surface area (Å²) in [4.78, 5) is 2.21. The van der Waals surface area contributed by atoms with Gasteiger partial charge in [-0.2, -0.15) is 4.37 Å². The summed E-state index contributed by atoms with van der Waals surface area (Å²) in [7, 11) is 2.08. The first kappa shape index (κ1) is 11.7. The largest absolute Gasteiger partial charge is 0.383 e. The van der Waals surface area contributed by atoms with E-state index in [1.807, 2.05) is 6.92 Å². The van der Waals surface area contributed by atoms with Gasteiger partial charge in [-0.3, -0.25) is 0 Å². The van der Waals surface area contributed by atoms with Crippen LogP contribution in [0.5, 0.6) is 0 Å². The van der Waals surface area contributed by atoms with Crippen LogP contribution in [0.1, 0.15) is 31.2 Å². The molecule has 1 saturated carbocycles. The molecule has 1 aliphatic carbocycles. The van der Waals surface area contributed by atoms with Crippen LogP contribution < -0.4 is 10.6 Å². The summed E-state index contributed by atoms with van der Waals surface area (Å²) in [5, 5.41) is 1.22. The van der Waals surface area contributed by atoms with Crippen molar-refractivity contribution in [3.63, 3.8) is 0 Å². The second-order valence-corrected chi connectivity index (χ2v) is 4.93. The lowest BCUT2D eigenvalue weighted by molar-refractivity contribution is 0.154. The first-order valence-electron chi connectivity index (χ1n) is 5.78. The second kappa shape index (κ2) is 5.01. The Morgan fingerprint density at radius 3 is 2.94 bits per heavy atom. The van der Waals surface area contributed by atoms with Crippen LogP contribution in [0.25, 0.3) is 0 Å². The van der Waals surface area contributed by atoms with Crippen molar-refractivity contribution in [3.05, 3.63) is 5.56 Å². The van der Waals surface area contributed by atoms with Crippen LogP contribution in [-0.4, -0.2) is 31.2 Å². The zero-order chi connectivity index (χ0) is 11.5. The fourth-order valence-corrected chi connectivity index (χ4v) is 2.66. The quantitative estimate of drug-likeness (QED) is 0.775. The molecule has 4 nitrogen and oxygen atoms in total. The van der Waals surface area contributed by atoms with Gasteiger partial charge in [-0.1, -0.05) is 0 Å². The normalized spacial score (nSPS) is 15.4. The lowest BCUT2D eigenvalue weighted by Crippen LogP contribution is -2.22. The van der Waals surface area contributed by atoms with Crippen LogP contribution in [0.2, 0.25) is 0 Å². The van der Waals surface area contributed by atoms with Gasteiger partial charge in [-0.25, -0.2) is 0 Å². The molecule has 1 fully saturated rings. The van der Waals surface area contributed by atoms with Crippen LogP contribution in [-0.2, 0) is 4.74 Å². The first-order valence-corrected chi connectivity index (χ1v) is 6.55. The van der Waals surface area contributed by atoms with E-state index in [-0.39, 0.29) is 0 Å². The Morgan fingerprint density at radius 1 is 1.56 bits per heavy atom. The third-order valence-corrected chi connectivity index (χ3v) is 3.84. The van der Waals surface area contributed by atoms with Crippen molar-refractivity contribution in [2.45, 2.75) is 25.7 Å². The minimum absolute atomic E-state index is 0.656. The van der Waals surface area contributed by atoms with E-state index in [2.05, 4.69) is 16.3 Å². The Kier molecular flexibility index (Phi) is 3.66. The molecule has 0 saturated heterocycles. The van der Waals surface area contributed by atoms with Crippen LogP contribution in [0.15, 0.2) is 0 Å². The minimum atomic E-state index is 0.656. The summed E-state index contributed by atoms with van der Waals surface area (Å²) in [6.07, 6.45) is 2.52. The van der Waals surface area contributed by atoms with Gasteiger partial charge >= 0.3 is 0 Å². The van der Waals surface area contributed by atoms with Gasteiger partial charge in [0.25, 0.3) is 0 Å². The number of nitrogens with zero attached hydrogens (tertiary/aromatic N) is 2. The molecule has 1 aromatic rings. The van der Waals surface area contributed by atoms with Gasteiger partial charge in [-0.05, 0) is 37.2 Å². The molecule has 16 heavy (non-hydrogen) atoms. The molecule has 0 aliphatic heterocycles. The van der Waals surface area contributed by atoms with E-state index in [0.29, 0.717) is 5.92 Å². The third kappa shape index (κ3) is 2.47. The molecule has 0 bridgehead atoms. The average Bonchev–Trinajstić information content (AvgIpc) is 3.02. The molecule has 2 N–H and O–H groups in total. The Balaban J connectivity index is 2.01. The molecular weight excluding hydrogens is 222 g/mol. The number of anilines is 2. The molecule has 1 heterocycles. The number of aromatic nitrogens is 1. The van der Waals surface area contributed by atoms with Gasteiger partial charge in [0, 0.05) is 25.8 Å². The van der Waals surface area contributed by atoms with Crippen LogP contribution >= 0.6 is 11.5 Å². The highest BCUT2D eigenvalue weighted by atomic mass is 32.1. The summed E-state index contributed by atoms with van der Waals surface area (Å²) in [5.74, 6) is 1.38. The maximum Gasteiger partial charge on any atom is 0.142 e. The number of rotatable bonds is 6. The van der Waals surface area contributed by atoms with E-state index >= 15 is 0 Å². The van der Waals surface area contributed by atoms with E-state index < -0.39 is 0 Å². The SMILES string of the molecule is CCOCCN(C)c1snc(N)c1C1CC1. The van der Waals surface area contributed by atoms with Crippen molar-refractivity contribution in [1.82, 2.24) is 4.37 Å². The number of nitrogen functional groups attached to an aromatic ring is 1. The second-order valence-electron chi connectivity index (χ2n) is 4.18. The molecule has 0 radical (unpaired) electrons. The number of hydrogen-bond donors (Lipinski definition) is 1. The van der Waals surface area contributed by atoms with Gasteiger partial charge in [0.05, 0.1) is 6.61 Å². The lowest BCUT2D eigenvalue weighted by atomic mass is 10.2. The van der Waals surface area contributed by atoms with Crippen LogP contribution in [0.4, 0.5) is 10.8 Å². The molecular formula is C11H19N3OS. The number of likely N-dealkylation sites (N-methyl/N-ethyl adjacent to an activating group) is 1. The maximum atomic E-state index is 5.92. The van der Waals surface area contributed by atoms with Gasteiger partial charge in [-0.15, -0.1) is 0 Å². The maximum absolute atomic E-state index is 5.92. The predicted molar refractivity (Wildman–Crippen MR) is 68.3 cm³/mol. The summed E-state index contributed by atoms with van der Waals surface area (Å²) in [6, 6.07) is 0. The van der Waals surface area contributed by atoms with Gasteiger partial charge in [0.2, 0.25) is 0 Å². The zero-order valence-electron chi connectivity index (χ0n) is 9.90. The van der Waals surface area contributed by atoms with Crippen molar-refractivity contribution in [2.24, 2.45) is 0 Å². The molecule has 90 valence electrons. The van der Waals surface area contributed by atoms with Gasteiger partial charge in [0.1, 0.15) is 10.8 Å². The van der Waals surface area contributed by atoms with Gasteiger partial charge < -0.3 is 15.4 Å². The predicted octanol–water partition coefficient (Wildman–Crippen LogP) is 2.08. The average molecular weight is 241 g/mol. The minimum Gasteiger partial charge on any atom is -0.383 e. The zero-order valence-corrected chi connectivity index (χ0v) is 10.7. The van der Waals surface area contributed by atoms with Crippen molar-refractivity contribution < 1.29 is 4.74 Å². The van der Waals surface area contributed by atoms with Gasteiger partial charge in [0.15, 0.2) is 0 Å². The highest BCUT2D eigenvalue weighted by Crippen LogP contribution is 2.48. The van der Waals surface area contributed by atoms with Crippen molar-refractivity contribution in [1.29, 1.82) is 0 Å². The Hall–Kier alpha value is -0.810. The van der Waals surface area contributed by atoms with Crippen molar-refractivity contribution >= 4 is 22.4 Å². The van der Waals surface area contributed by atoms with E-state index in [1.54, 1.807) is 0 Å². The molecule has 0 spiro atoms. The van der Waals surface area contributed by atoms with Crippen molar-refractivity contribution in [2.75, 3.05) is 37.4 Å². The molecule has 2 rings (SSSR count). The van der Waals surface area contributed by atoms with Crippen molar-refractivity contribution in [3.8, 4) is 0 Å². The van der Waals surface area contributed by atoms with Crippen LogP contribution in [0, 0.1) is 0 Å². The molecule has 1 aromatic heterocycles. The van der Waals surface area contributed by atoms with E-state index in [9.17, 15) is 0 Å². The van der Waals surface area contributed by atoms with E-state index in [1.165, 1.54) is 34.9 Å². The molecule has 0 atom stereocenters. The Morgan fingerprint density at radius 2 is 2.31 bits per heavy atom. The highest BCUT2D eigenvalue weighted by Gasteiger charge is 2.31. The monoisotopic (exact) mass is 241 g/mol. The number of nitrogens with two attached hydrogens (primary N) is 1. The Labute approximate surface area is 101 Å². The molecule has 1 aliphatic rings. The van der Waals surface area contributed by atoms with E-state index in [4.69, 9.17) is 10.5 Å². The summed E-state index contributed by atoms with van der Waals surface area (Å²) in [6.45, 7) is 4.44. The van der Waals surface area contributed by atoms with E-state index in [0.717, 1.165) is 25.6 Å². The third-order valence-electron chi connectivity index (χ3n) is 2.84. The topological polar surface area (TPSA) is 51.4 Å². The number of ether oxygens (including phenoxy) is 1. The molecule has 0 unspecified atom stereocenters. The highest BCUT2D eigenvalue weighted by molar-refractivity contribution is 7.10. The summed E-state index contributed by atoms with van der Waals surface area (Å²) < 4.78 is 9.62. The molecule has 0 amide bonds. The number of hydrogen-bond acceptors (Lipinski definition) is 5. The lowest BCUT2D eigenvalue weighted by Gasteiger charge is -2.18. The Bertz CT molecular complexity index is 349. The van der Waals surface area contributed by atoms with Crippen LogP contribution in [0.3, 0.4) is 0 Å². The molecule has 5 heteroatoms. The fraction of sp³-hybridized carbons (Fsp3) is 0.727. The standard InChI is InChI=1S/C11H19N3OS/c1-3-15-7-6-14(2)11-9(8-4-5-8)10(12)13-16-11/h8H,3-7H2,1-2H3,(H2,12,13). The molecule has 0 aromatic carbocycles. The summed E-state index contributed by atoms with van der Waals surface area (Å²) >= 11 is 1.51. The fourth-order valence-electron chi connectivity index (χ4n) is 1.78. The smallest absolute Gasteiger partial charge is 0.142 e.